The normalized spacial score (nSPS) is 24.1. The maximum absolute atomic E-state index is 12.0. The quantitative estimate of drug-likeness (QED) is 0.837. The standard InChI is InChI=1S/C14H30N2O2S2/c1-11(2)12(9-15-14(3,4)5)16-7-8-19-10-13(16)20(6,17)18/h11-13,15H,7-10H2,1-6H3. The molecule has 4 nitrogen and oxygen atoms in total. The fourth-order valence-electron chi connectivity index (χ4n) is 2.49. The Balaban J connectivity index is 2.87. The molecule has 0 aromatic carbocycles. The van der Waals surface area contributed by atoms with Crippen molar-refractivity contribution in [1.82, 2.24) is 10.2 Å². The maximum Gasteiger partial charge on any atom is 0.164 e. The fraction of sp³-hybridized carbons (Fsp3) is 1.00. The lowest BCUT2D eigenvalue weighted by molar-refractivity contribution is 0.140. The Kier molecular flexibility index (Phi) is 6.38. The smallest absolute Gasteiger partial charge is 0.164 e. The molecule has 1 aliphatic heterocycles. The largest absolute Gasteiger partial charge is 0.311 e. The van der Waals surface area contributed by atoms with E-state index in [9.17, 15) is 8.42 Å². The first-order chi connectivity index (χ1) is 9.02. The molecular weight excluding hydrogens is 292 g/mol. The summed E-state index contributed by atoms with van der Waals surface area (Å²) < 4.78 is 24.1. The fourth-order valence-corrected chi connectivity index (χ4v) is 5.42. The summed E-state index contributed by atoms with van der Waals surface area (Å²) in [5.41, 5.74) is 0.0538. The zero-order valence-corrected chi connectivity index (χ0v) is 15.3. The summed E-state index contributed by atoms with van der Waals surface area (Å²) >= 11 is 1.75. The molecule has 1 N–H and O–H groups in total. The van der Waals surface area contributed by atoms with Crippen molar-refractivity contribution in [3.8, 4) is 0 Å². The predicted octanol–water partition coefficient (Wildman–Crippen LogP) is 1.82. The third-order valence-electron chi connectivity index (χ3n) is 3.66. The van der Waals surface area contributed by atoms with Gasteiger partial charge >= 0.3 is 0 Å². The Hall–Kier alpha value is 0.220. The number of sulfone groups is 1. The molecule has 0 aliphatic carbocycles. The number of thioether (sulfide) groups is 1. The number of nitrogens with one attached hydrogen (secondary N) is 1. The number of rotatable bonds is 5. The lowest BCUT2D eigenvalue weighted by Crippen LogP contribution is -2.57. The summed E-state index contributed by atoms with van der Waals surface area (Å²) in [7, 11) is -3.03. The average Bonchev–Trinajstić information content (AvgIpc) is 2.26. The van der Waals surface area contributed by atoms with Crippen LogP contribution in [0.25, 0.3) is 0 Å². The highest BCUT2D eigenvalue weighted by molar-refractivity contribution is 8.00. The monoisotopic (exact) mass is 322 g/mol. The van der Waals surface area contributed by atoms with Crippen LogP contribution in [0.1, 0.15) is 34.6 Å². The Bertz CT molecular complexity index is 402. The molecule has 1 fully saturated rings. The molecule has 0 amide bonds. The molecule has 0 saturated carbocycles. The Morgan fingerprint density at radius 1 is 1.35 bits per heavy atom. The van der Waals surface area contributed by atoms with Gasteiger partial charge in [0.1, 0.15) is 5.37 Å². The second-order valence-corrected chi connectivity index (χ2v) is 10.4. The van der Waals surface area contributed by atoms with Crippen LogP contribution in [0.3, 0.4) is 0 Å². The van der Waals surface area contributed by atoms with Gasteiger partial charge in [0.2, 0.25) is 0 Å². The minimum Gasteiger partial charge on any atom is -0.311 e. The third-order valence-corrected chi connectivity index (χ3v) is 6.32. The van der Waals surface area contributed by atoms with Gasteiger partial charge in [-0.05, 0) is 26.7 Å². The van der Waals surface area contributed by atoms with Crippen LogP contribution in [0.15, 0.2) is 0 Å². The van der Waals surface area contributed by atoms with Gasteiger partial charge in [0.25, 0.3) is 0 Å². The van der Waals surface area contributed by atoms with E-state index in [0.29, 0.717) is 11.7 Å². The Morgan fingerprint density at radius 3 is 2.40 bits per heavy atom. The molecule has 1 saturated heterocycles. The van der Waals surface area contributed by atoms with E-state index in [4.69, 9.17) is 0 Å². The molecule has 1 aliphatic rings. The van der Waals surface area contributed by atoms with E-state index >= 15 is 0 Å². The average molecular weight is 323 g/mol. The summed E-state index contributed by atoms with van der Waals surface area (Å²) in [5, 5.41) is 3.19. The van der Waals surface area contributed by atoms with Gasteiger partial charge < -0.3 is 5.32 Å². The van der Waals surface area contributed by atoms with E-state index < -0.39 is 9.84 Å². The molecule has 0 aromatic rings. The van der Waals surface area contributed by atoms with Crippen LogP contribution in [-0.2, 0) is 9.84 Å². The van der Waals surface area contributed by atoms with Gasteiger partial charge in [0, 0.05) is 42.4 Å². The molecule has 1 heterocycles. The molecule has 1 rings (SSSR count). The Morgan fingerprint density at radius 2 is 1.95 bits per heavy atom. The van der Waals surface area contributed by atoms with Crippen molar-refractivity contribution in [3.63, 3.8) is 0 Å². The van der Waals surface area contributed by atoms with Crippen LogP contribution in [0.2, 0.25) is 0 Å². The van der Waals surface area contributed by atoms with Gasteiger partial charge in [0.05, 0.1) is 0 Å². The van der Waals surface area contributed by atoms with Gasteiger partial charge in [-0.15, -0.1) is 0 Å². The van der Waals surface area contributed by atoms with Crippen LogP contribution < -0.4 is 5.32 Å². The minimum atomic E-state index is -3.03. The van der Waals surface area contributed by atoms with Crippen molar-refractivity contribution < 1.29 is 8.42 Å². The molecule has 0 spiro atoms. The molecule has 2 atom stereocenters. The molecule has 2 unspecified atom stereocenters. The summed E-state index contributed by atoms with van der Waals surface area (Å²) in [4.78, 5) is 2.20. The van der Waals surface area contributed by atoms with Crippen molar-refractivity contribution >= 4 is 21.6 Å². The predicted molar refractivity (Wildman–Crippen MR) is 89.0 cm³/mol. The molecule has 120 valence electrons. The second-order valence-electron chi connectivity index (χ2n) is 7.04. The van der Waals surface area contributed by atoms with E-state index in [1.54, 1.807) is 11.8 Å². The van der Waals surface area contributed by atoms with E-state index in [2.05, 4.69) is 44.8 Å². The SMILES string of the molecule is CC(C)C(CNC(C)(C)C)N1CCSCC1S(C)(=O)=O. The van der Waals surface area contributed by atoms with Crippen LogP contribution in [0.4, 0.5) is 0 Å². The van der Waals surface area contributed by atoms with Crippen molar-refractivity contribution in [1.29, 1.82) is 0 Å². The Labute approximate surface area is 129 Å². The van der Waals surface area contributed by atoms with E-state index in [1.807, 2.05) is 0 Å². The lowest BCUT2D eigenvalue weighted by atomic mass is 10.0. The lowest BCUT2D eigenvalue weighted by Gasteiger charge is -2.42. The molecule has 0 radical (unpaired) electrons. The highest BCUT2D eigenvalue weighted by Crippen LogP contribution is 2.25. The highest BCUT2D eigenvalue weighted by Gasteiger charge is 2.36. The zero-order valence-electron chi connectivity index (χ0n) is 13.6. The van der Waals surface area contributed by atoms with Crippen LogP contribution in [0.5, 0.6) is 0 Å². The third kappa shape index (κ3) is 5.54. The highest BCUT2D eigenvalue weighted by atomic mass is 32.2. The van der Waals surface area contributed by atoms with E-state index in [0.717, 1.165) is 18.8 Å². The maximum atomic E-state index is 12.0. The topological polar surface area (TPSA) is 49.4 Å². The first-order valence-corrected chi connectivity index (χ1v) is 10.4. The zero-order chi connectivity index (χ0) is 15.6. The number of hydrogen-bond donors (Lipinski definition) is 1. The number of hydrogen-bond acceptors (Lipinski definition) is 5. The minimum absolute atomic E-state index is 0.0538. The van der Waals surface area contributed by atoms with Gasteiger partial charge in [0.15, 0.2) is 9.84 Å². The summed E-state index contributed by atoms with van der Waals surface area (Å²) in [6.45, 7) is 12.5. The molecule has 0 bridgehead atoms. The van der Waals surface area contributed by atoms with Crippen molar-refractivity contribution in [3.05, 3.63) is 0 Å². The van der Waals surface area contributed by atoms with Crippen molar-refractivity contribution in [2.24, 2.45) is 5.92 Å². The summed E-state index contributed by atoms with van der Waals surface area (Å²) in [6, 6.07) is 0.259. The van der Waals surface area contributed by atoms with Crippen LogP contribution >= 0.6 is 11.8 Å². The van der Waals surface area contributed by atoms with E-state index in [-0.39, 0.29) is 17.0 Å². The van der Waals surface area contributed by atoms with Gasteiger partial charge in [-0.2, -0.15) is 11.8 Å². The van der Waals surface area contributed by atoms with Crippen molar-refractivity contribution in [2.75, 3.05) is 30.9 Å². The molecule has 0 aromatic heterocycles. The van der Waals surface area contributed by atoms with Crippen LogP contribution in [-0.4, -0.2) is 61.1 Å². The van der Waals surface area contributed by atoms with E-state index in [1.165, 1.54) is 6.26 Å². The van der Waals surface area contributed by atoms with Gasteiger partial charge in [-0.25, -0.2) is 8.42 Å². The first-order valence-electron chi connectivity index (χ1n) is 7.30. The molecule has 6 heteroatoms. The van der Waals surface area contributed by atoms with Gasteiger partial charge in [-0.1, -0.05) is 13.8 Å². The second kappa shape index (κ2) is 6.99. The van der Waals surface area contributed by atoms with Crippen LogP contribution in [0, 0.1) is 5.92 Å². The first kappa shape index (κ1) is 18.3. The molecule has 20 heavy (non-hydrogen) atoms. The van der Waals surface area contributed by atoms with Crippen molar-refractivity contribution in [2.45, 2.75) is 51.6 Å². The van der Waals surface area contributed by atoms with Gasteiger partial charge in [-0.3, -0.25) is 4.90 Å². The summed E-state index contributed by atoms with van der Waals surface area (Å²) in [5.74, 6) is 2.14. The molecular formula is C14H30N2O2S2. The summed E-state index contributed by atoms with van der Waals surface area (Å²) in [6.07, 6.45) is 1.37. The number of nitrogens with zero attached hydrogens (tertiary/aromatic N) is 1.